The first-order valence-corrected chi connectivity index (χ1v) is 13.1. The third-order valence-corrected chi connectivity index (χ3v) is 7.30. The van der Waals surface area contributed by atoms with Crippen LogP contribution in [0.5, 0.6) is 5.75 Å². The van der Waals surface area contributed by atoms with Crippen LogP contribution in [0.15, 0.2) is 42.5 Å². The summed E-state index contributed by atoms with van der Waals surface area (Å²) < 4.78 is 13.5. The Morgan fingerprint density at radius 1 is 1.10 bits per heavy atom. The molecular weight excluding hydrogens is 495 g/mol. The van der Waals surface area contributed by atoms with Gasteiger partial charge >= 0.3 is 0 Å². The molecule has 2 aromatic heterocycles. The second-order valence-corrected chi connectivity index (χ2v) is 9.94. The van der Waals surface area contributed by atoms with Crippen molar-refractivity contribution in [2.24, 2.45) is 0 Å². The van der Waals surface area contributed by atoms with Gasteiger partial charge in [-0.1, -0.05) is 18.1 Å². The minimum Gasteiger partial charge on any atom is -0.507 e. The number of aromatic nitrogens is 3. The Labute approximate surface area is 227 Å². The normalized spacial score (nSPS) is 19.7. The van der Waals surface area contributed by atoms with Crippen molar-refractivity contribution < 1.29 is 9.50 Å². The lowest BCUT2D eigenvalue weighted by Crippen LogP contribution is -2.35. The summed E-state index contributed by atoms with van der Waals surface area (Å²) in [7, 11) is 0. The largest absolute Gasteiger partial charge is 0.507 e. The molecule has 1 aromatic carbocycles. The number of phenolic OH excluding ortho intramolecular Hbond substituents is 1. The van der Waals surface area contributed by atoms with Crippen molar-refractivity contribution in [1.29, 1.82) is 5.26 Å². The number of rotatable bonds is 4. The second-order valence-electron chi connectivity index (χ2n) is 9.94. The van der Waals surface area contributed by atoms with E-state index in [1.807, 2.05) is 23.1 Å². The molecule has 2 fully saturated rings. The molecule has 3 N–H and O–H groups in total. The number of nitrogen functional groups attached to an aromatic ring is 1. The predicted octanol–water partition coefficient (Wildman–Crippen LogP) is 3.20. The van der Waals surface area contributed by atoms with Gasteiger partial charge in [0.15, 0.2) is 5.82 Å². The van der Waals surface area contributed by atoms with Gasteiger partial charge in [-0.05, 0) is 56.0 Å². The van der Waals surface area contributed by atoms with Crippen LogP contribution in [0, 0.1) is 23.2 Å². The Morgan fingerprint density at radius 3 is 2.72 bits per heavy atom. The maximum absolute atomic E-state index is 13.5. The molecule has 0 amide bonds. The number of nitriles is 1. The molecule has 2 saturated heterocycles. The average molecular weight is 527 g/mol. The smallest absolute Gasteiger partial charge is 0.169 e. The number of anilines is 3. The molecule has 200 valence electrons. The topological polar surface area (TPSA) is 118 Å². The minimum absolute atomic E-state index is 0.135. The highest BCUT2D eigenvalue weighted by Gasteiger charge is 2.25. The van der Waals surface area contributed by atoms with Crippen LogP contribution in [0.4, 0.5) is 21.7 Å². The van der Waals surface area contributed by atoms with Crippen LogP contribution in [-0.2, 0) is 0 Å². The summed E-state index contributed by atoms with van der Waals surface area (Å²) in [6, 6.07) is 14.9. The summed E-state index contributed by atoms with van der Waals surface area (Å²) in [4.78, 5) is 11.1. The first-order chi connectivity index (χ1) is 18.9. The molecule has 2 aliphatic heterocycles. The molecule has 0 spiro atoms. The first kappa shape index (κ1) is 26.2. The first-order valence-electron chi connectivity index (χ1n) is 13.1. The Bertz CT molecular complexity index is 1450. The Morgan fingerprint density at radius 2 is 1.95 bits per heavy atom. The van der Waals surface area contributed by atoms with E-state index in [1.165, 1.54) is 0 Å². The van der Waals surface area contributed by atoms with Gasteiger partial charge in [-0.25, -0.2) is 9.37 Å². The molecule has 10 heteroatoms. The van der Waals surface area contributed by atoms with Crippen molar-refractivity contribution in [1.82, 2.24) is 20.1 Å². The third-order valence-electron chi connectivity index (χ3n) is 7.30. The fourth-order valence-corrected chi connectivity index (χ4v) is 5.07. The average Bonchev–Trinajstić information content (AvgIpc) is 3.26. The van der Waals surface area contributed by atoms with Crippen LogP contribution < -0.4 is 15.5 Å². The lowest BCUT2D eigenvalue weighted by Gasteiger charge is -2.28. The zero-order valence-electron chi connectivity index (χ0n) is 21.9. The number of alkyl halides is 1. The molecule has 4 heterocycles. The SMILES string of the molecule is C[C@H]1CCN(c2cc(-c3ccccc3O)nnc2N)CCN1c1ccc(C#N)c(C#CCN2CC[C@@H](F)C2)n1. The van der Waals surface area contributed by atoms with Crippen LogP contribution in [0.3, 0.4) is 0 Å². The highest BCUT2D eigenvalue weighted by Crippen LogP contribution is 2.32. The van der Waals surface area contributed by atoms with E-state index in [4.69, 9.17) is 10.7 Å². The number of hydrogen-bond acceptors (Lipinski definition) is 9. The predicted molar refractivity (Wildman–Crippen MR) is 149 cm³/mol. The van der Waals surface area contributed by atoms with Crippen LogP contribution in [0.25, 0.3) is 11.3 Å². The van der Waals surface area contributed by atoms with Gasteiger partial charge in [0.1, 0.15) is 29.5 Å². The number of nitrogens with zero attached hydrogens (tertiary/aromatic N) is 7. The molecule has 39 heavy (non-hydrogen) atoms. The summed E-state index contributed by atoms with van der Waals surface area (Å²) in [5.41, 5.74) is 9.03. The number of aromatic hydroxyl groups is 1. The van der Waals surface area contributed by atoms with Crippen molar-refractivity contribution in [3.63, 3.8) is 0 Å². The maximum Gasteiger partial charge on any atom is 0.169 e. The lowest BCUT2D eigenvalue weighted by molar-refractivity contribution is 0.308. The maximum atomic E-state index is 13.5. The molecule has 5 rings (SSSR count). The molecule has 0 bridgehead atoms. The van der Waals surface area contributed by atoms with Gasteiger partial charge in [0.2, 0.25) is 0 Å². The van der Waals surface area contributed by atoms with Crippen LogP contribution in [0.1, 0.15) is 31.0 Å². The quantitative estimate of drug-likeness (QED) is 0.494. The Balaban J connectivity index is 1.35. The zero-order chi connectivity index (χ0) is 27.4. The van der Waals surface area contributed by atoms with E-state index >= 15 is 0 Å². The zero-order valence-corrected chi connectivity index (χ0v) is 21.9. The van der Waals surface area contributed by atoms with Crippen molar-refractivity contribution in [3.05, 3.63) is 53.7 Å². The van der Waals surface area contributed by atoms with Crippen LogP contribution in [0.2, 0.25) is 0 Å². The second kappa shape index (κ2) is 11.5. The minimum atomic E-state index is -0.789. The number of halogens is 1. The fourth-order valence-electron chi connectivity index (χ4n) is 5.07. The van der Waals surface area contributed by atoms with E-state index in [9.17, 15) is 14.8 Å². The van der Waals surface area contributed by atoms with E-state index in [0.29, 0.717) is 67.5 Å². The monoisotopic (exact) mass is 526 g/mol. The van der Waals surface area contributed by atoms with Crippen molar-refractivity contribution in [2.75, 3.05) is 54.8 Å². The van der Waals surface area contributed by atoms with Gasteiger partial charge < -0.3 is 20.6 Å². The fraction of sp³-hybridized carbons (Fsp3) is 0.379. The van der Waals surface area contributed by atoms with E-state index in [0.717, 1.165) is 24.5 Å². The van der Waals surface area contributed by atoms with Gasteiger partial charge in [-0.3, -0.25) is 4.90 Å². The van der Waals surface area contributed by atoms with E-state index in [1.54, 1.807) is 24.3 Å². The third kappa shape index (κ3) is 5.87. The van der Waals surface area contributed by atoms with Crippen LogP contribution >= 0.6 is 0 Å². The molecule has 0 aliphatic carbocycles. The Kier molecular flexibility index (Phi) is 7.76. The molecule has 0 unspecified atom stereocenters. The highest BCUT2D eigenvalue weighted by molar-refractivity contribution is 5.74. The number of likely N-dealkylation sites (tertiary alicyclic amines) is 1. The Hall–Kier alpha value is -4.41. The molecular formula is C29H31FN8O. The standard InChI is InChI=1S/C29H31FN8O/c1-20-10-14-37(26-17-25(34-35-29(26)32)23-5-2-3-7-27(23)39)15-16-38(20)28-9-8-21(18-31)24(33-28)6-4-12-36-13-11-22(30)19-36/h2-3,5,7-9,17,20,22,39H,10-16,19H2,1H3,(H2,32,35)/t20-,22+/m0/s1. The van der Waals surface area contributed by atoms with Gasteiger partial charge in [-0.2, -0.15) is 5.26 Å². The van der Waals surface area contributed by atoms with Crippen molar-refractivity contribution in [2.45, 2.75) is 32.0 Å². The number of pyridine rings is 1. The summed E-state index contributed by atoms with van der Waals surface area (Å²) in [5, 5.41) is 28.2. The van der Waals surface area contributed by atoms with E-state index in [-0.39, 0.29) is 11.8 Å². The molecule has 2 atom stereocenters. The lowest BCUT2D eigenvalue weighted by atomic mass is 10.1. The number of para-hydroxylation sites is 1. The molecule has 2 aliphatic rings. The number of phenols is 1. The summed E-state index contributed by atoms with van der Waals surface area (Å²) >= 11 is 0. The molecule has 9 nitrogen and oxygen atoms in total. The van der Waals surface area contributed by atoms with Gasteiger partial charge in [0.25, 0.3) is 0 Å². The van der Waals surface area contributed by atoms with Gasteiger partial charge in [0, 0.05) is 44.3 Å². The summed E-state index contributed by atoms with van der Waals surface area (Å²) in [5.74, 6) is 7.35. The summed E-state index contributed by atoms with van der Waals surface area (Å²) in [6.45, 7) is 5.80. The van der Waals surface area contributed by atoms with Gasteiger partial charge in [-0.15, -0.1) is 10.2 Å². The van der Waals surface area contributed by atoms with Crippen molar-refractivity contribution >= 4 is 17.3 Å². The molecule has 3 aromatic rings. The van der Waals surface area contributed by atoms with E-state index in [2.05, 4.69) is 44.8 Å². The molecule has 0 radical (unpaired) electrons. The van der Waals surface area contributed by atoms with Gasteiger partial charge in [0.05, 0.1) is 23.5 Å². The number of hydrogen-bond donors (Lipinski definition) is 2. The number of nitrogens with two attached hydrogens (primary N) is 1. The molecule has 0 saturated carbocycles. The summed E-state index contributed by atoms with van der Waals surface area (Å²) in [6.07, 6.45) is 0.595. The van der Waals surface area contributed by atoms with E-state index < -0.39 is 6.17 Å². The highest BCUT2D eigenvalue weighted by atomic mass is 19.1. The number of benzene rings is 1. The van der Waals surface area contributed by atoms with Crippen LogP contribution in [-0.4, -0.2) is 76.7 Å². The van der Waals surface area contributed by atoms with Crippen molar-refractivity contribution in [3.8, 4) is 34.9 Å².